The lowest BCUT2D eigenvalue weighted by molar-refractivity contribution is -0.231. The fourth-order valence-electron chi connectivity index (χ4n) is 8.50. The van der Waals surface area contributed by atoms with E-state index in [0.717, 1.165) is 4.90 Å². The Hall–Kier alpha value is -6.92. The summed E-state index contributed by atoms with van der Waals surface area (Å²) in [7, 11) is -3.52. The number of fused-ring (bicyclic) bond motifs is 1. The second-order valence-electron chi connectivity index (χ2n) is 16.5. The summed E-state index contributed by atoms with van der Waals surface area (Å²) in [5, 5.41) is 0. The van der Waals surface area contributed by atoms with Crippen LogP contribution in [0.3, 0.4) is 0 Å². The Morgan fingerprint density at radius 3 is 1.64 bits per heavy atom. The highest BCUT2D eigenvalue weighted by Gasteiger charge is 2.77. The third-order valence-electron chi connectivity index (χ3n) is 11.7. The molecule has 0 N–H and O–H groups in total. The zero-order chi connectivity index (χ0) is 47.4. The molecule has 0 saturated carbocycles. The van der Waals surface area contributed by atoms with Crippen LogP contribution in [0.1, 0.15) is 42.5 Å². The van der Waals surface area contributed by atoms with E-state index in [1.165, 1.54) is 45.2 Å². The number of nitrogens with zero attached hydrogens (tertiary/aromatic N) is 1. The van der Waals surface area contributed by atoms with Crippen molar-refractivity contribution < 1.29 is 70.3 Å². The van der Waals surface area contributed by atoms with Gasteiger partial charge in [0.15, 0.2) is 20.4 Å². The van der Waals surface area contributed by atoms with Gasteiger partial charge in [-0.25, -0.2) is 22.8 Å². The van der Waals surface area contributed by atoms with Crippen molar-refractivity contribution in [3.05, 3.63) is 168 Å². The normalized spacial score (nSPS) is 22.2. The summed E-state index contributed by atoms with van der Waals surface area (Å²) in [5.41, 5.74) is -1.39. The lowest BCUT2D eigenvalue weighted by atomic mass is 9.88. The number of imide groups is 1. The van der Waals surface area contributed by atoms with Crippen molar-refractivity contribution in [2.24, 2.45) is 0 Å². The quantitative estimate of drug-likeness (QED) is 0.0481. The van der Waals surface area contributed by atoms with Gasteiger partial charge in [-0.2, -0.15) is 0 Å². The second-order valence-corrected chi connectivity index (χ2v) is 18.8. The number of amides is 2. The molecule has 3 heterocycles. The van der Waals surface area contributed by atoms with E-state index in [1.54, 1.807) is 121 Å². The fraction of sp³-hybridized carbons (Fsp3) is 0.300. The van der Waals surface area contributed by atoms with Gasteiger partial charge in [0.1, 0.15) is 50.0 Å². The first-order valence-corrected chi connectivity index (χ1v) is 22.8. The Balaban J connectivity index is 1.27. The van der Waals surface area contributed by atoms with Crippen molar-refractivity contribution in [1.29, 1.82) is 0 Å². The van der Waals surface area contributed by atoms with Crippen LogP contribution in [0.4, 0.5) is 4.79 Å². The predicted octanol–water partition coefficient (Wildman–Crippen LogP) is 6.03. The molecule has 0 spiro atoms. The third-order valence-corrected chi connectivity index (χ3v) is 14.1. The summed E-state index contributed by atoms with van der Waals surface area (Å²) in [4.78, 5) is 74.3. The van der Waals surface area contributed by atoms with E-state index in [9.17, 15) is 9.59 Å². The minimum Gasteiger partial charge on any atom is -0.497 e. The molecule has 8 rings (SSSR count). The zero-order valence-corrected chi connectivity index (χ0v) is 37.5. The molecular weight excluding hydrogens is 887 g/mol. The molecule has 0 bridgehead atoms. The Morgan fingerprint density at radius 1 is 0.657 bits per heavy atom. The number of benzene rings is 5. The number of methoxy groups -OCH3 is 1. The number of rotatable bonds is 16. The van der Waals surface area contributed by atoms with Crippen LogP contribution in [0.15, 0.2) is 150 Å². The topological polar surface area (TPSA) is 197 Å². The molecule has 1 unspecified atom stereocenters. The van der Waals surface area contributed by atoms with Crippen LogP contribution in [0.5, 0.6) is 5.75 Å². The smallest absolute Gasteiger partial charge is 0.497 e. The molecular formula is C50H47NO15S. The van der Waals surface area contributed by atoms with Crippen molar-refractivity contribution >= 4 is 39.7 Å². The number of esters is 2. The first kappa shape index (κ1) is 46.6. The lowest BCUT2D eigenvalue weighted by Gasteiger charge is -2.37. The molecule has 5 aromatic carbocycles. The van der Waals surface area contributed by atoms with E-state index in [2.05, 4.69) is 0 Å². The molecule has 5 aromatic rings. The number of likely N-dealkylation sites (tertiary alicyclic amines) is 1. The lowest BCUT2D eigenvalue weighted by Crippen LogP contribution is -2.64. The molecule has 5 atom stereocenters. The van der Waals surface area contributed by atoms with Gasteiger partial charge in [0.2, 0.25) is 5.91 Å². The number of hydrogen-bond donors (Lipinski definition) is 0. The van der Waals surface area contributed by atoms with Crippen LogP contribution in [0, 0.1) is 0 Å². The molecule has 2 amide bonds. The van der Waals surface area contributed by atoms with Gasteiger partial charge >= 0.3 is 23.7 Å². The highest BCUT2D eigenvalue weighted by molar-refractivity contribution is 7.93. The van der Waals surface area contributed by atoms with E-state index in [1.807, 2.05) is 0 Å². The van der Waals surface area contributed by atoms with E-state index in [0.29, 0.717) is 28.0 Å². The van der Waals surface area contributed by atoms with Crippen LogP contribution >= 0.6 is 0 Å². The first-order chi connectivity index (χ1) is 32.2. The molecule has 0 aromatic heterocycles. The van der Waals surface area contributed by atoms with Gasteiger partial charge in [0.05, 0.1) is 25.0 Å². The van der Waals surface area contributed by atoms with E-state index in [-0.39, 0.29) is 18.0 Å². The second kappa shape index (κ2) is 19.1. The minimum atomic E-state index is -5.00. The maximum absolute atomic E-state index is 15.4. The van der Waals surface area contributed by atoms with E-state index in [4.69, 9.17) is 37.9 Å². The highest BCUT2D eigenvalue weighted by Crippen LogP contribution is 2.52. The van der Waals surface area contributed by atoms with Crippen molar-refractivity contribution in [3.8, 4) is 5.75 Å². The molecule has 16 nitrogen and oxygen atoms in total. The highest BCUT2D eigenvalue weighted by atomic mass is 32.2. The van der Waals surface area contributed by atoms with Crippen LogP contribution in [0.2, 0.25) is 0 Å². The van der Waals surface area contributed by atoms with Crippen molar-refractivity contribution in [2.45, 2.75) is 92.1 Å². The Bertz CT molecular complexity index is 2650. The molecule has 348 valence electrons. The summed E-state index contributed by atoms with van der Waals surface area (Å²) in [6, 6.07) is 38.7. The third kappa shape index (κ3) is 9.15. The molecule has 3 aliphatic rings. The zero-order valence-electron chi connectivity index (χ0n) is 36.7. The average Bonchev–Trinajstić information content (AvgIpc) is 3.94. The molecule has 3 saturated heterocycles. The number of carbonyl (C=O) groups excluding carboxylic acids is 5. The molecule has 3 fully saturated rings. The van der Waals surface area contributed by atoms with Crippen LogP contribution < -0.4 is 4.74 Å². The van der Waals surface area contributed by atoms with E-state index >= 15 is 22.8 Å². The molecule has 67 heavy (non-hydrogen) atoms. The van der Waals surface area contributed by atoms with Crippen LogP contribution in [-0.4, -0.2) is 90.9 Å². The van der Waals surface area contributed by atoms with E-state index < -0.39 is 99.9 Å². The van der Waals surface area contributed by atoms with Gasteiger partial charge in [-0.15, -0.1) is 0 Å². The Morgan fingerprint density at radius 2 is 1.13 bits per heavy atom. The van der Waals surface area contributed by atoms with Crippen molar-refractivity contribution in [2.75, 3.05) is 7.11 Å². The summed E-state index contributed by atoms with van der Waals surface area (Å²) in [6.45, 7) is 1.32. The monoisotopic (exact) mass is 933 g/mol. The van der Waals surface area contributed by atoms with Gasteiger partial charge in [0, 0.05) is 0 Å². The summed E-state index contributed by atoms with van der Waals surface area (Å²) >= 11 is 0. The number of hydrogen-bond acceptors (Lipinski definition) is 15. The van der Waals surface area contributed by atoms with Crippen molar-refractivity contribution in [3.63, 3.8) is 0 Å². The SMILES string of the molecule is COc1ccc(CN2C(=O)CC([C@H]3O[C@@H](C(OC(=O)OCc4ccccc4)(C(=O)OCc4ccccc4)C(=O)OCc4ccccc4)[C@@H]4OC(C)(C)O[C@@H]43)(S(=O)(=O)c3ccccc3)C2=O)cc1. The number of ether oxygens (including phenoxy) is 8. The molecule has 0 aliphatic carbocycles. The maximum atomic E-state index is 15.4. The first-order valence-electron chi connectivity index (χ1n) is 21.3. The Kier molecular flexibility index (Phi) is 13.3. The summed E-state index contributed by atoms with van der Waals surface area (Å²) in [6.07, 6.45) is -10.0. The molecule has 17 heteroatoms. The largest absolute Gasteiger partial charge is 0.510 e. The Labute approximate surface area is 386 Å². The van der Waals surface area contributed by atoms with Gasteiger partial charge in [-0.05, 0) is 60.4 Å². The van der Waals surface area contributed by atoms with Gasteiger partial charge in [-0.3, -0.25) is 14.5 Å². The van der Waals surface area contributed by atoms with Crippen LogP contribution in [-0.2, 0) is 88.5 Å². The summed E-state index contributed by atoms with van der Waals surface area (Å²) in [5.74, 6) is -6.21. The predicted molar refractivity (Wildman–Crippen MR) is 235 cm³/mol. The van der Waals surface area contributed by atoms with Crippen LogP contribution in [0.25, 0.3) is 0 Å². The molecule has 3 aliphatic heterocycles. The maximum Gasteiger partial charge on any atom is 0.510 e. The average molecular weight is 934 g/mol. The van der Waals surface area contributed by atoms with Crippen molar-refractivity contribution in [1.82, 2.24) is 4.90 Å². The van der Waals surface area contributed by atoms with Gasteiger partial charge in [0.25, 0.3) is 5.91 Å². The number of sulfone groups is 1. The van der Waals surface area contributed by atoms with Gasteiger partial charge < -0.3 is 37.9 Å². The minimum absolute atomic E-state index is 0.347. The number of carbonyl (C=O) groups is 5. The van der Waals surface area contributed by atoms with Gasteiger partial charge in [-0.1, -0.05) is 121 Å². The fourth-order valence-corrected chi connectivity index (χ4v) is 10.6. The summed E-state index contributed by atoms with van der Waals surface area (Å²) < 4.78 is 75.6. The molecule has 0 radical (unpaired) electrons. The standard InChI is InChI=1S/C50H47NO15S/c1-48(2)64-40-41(65-48)43(63-42(40)49(67(57,58)38-22-14-7-15-23-38)28-39(52)51(44(49)53)29-33-24-26-37(59-3)27-25-33)50(45(54)60-30-34-16-8-4-9-17-34,46(55)61-31-35-18-10-5-11-19-35)66-47(56)62-32-36-20-12-6-13-21-36/h4-27,40-43H,28-32H2,1-3H3/t40-,41+,42-,43+,49?/m0/s1.